The summed E-state index contributed by atoms with van der Waals surface area (Å²) in [6.07, 6.45) is 2.41. The average molecular weight is 283 g/mol. The highest BCUT2D eigenvalue weighted by atomic mass is 16.5. The summed E-state index contributed by atoms with van der Waals surface area (Å²) in [5.41, 5.74) is -0.236. The Kier molecular flexibility index (Phi) is 5.30. The van der Waals surface area contributed by atoms with Gasteiger partial charge >= 0.3 is 11.9 Å². The van der Waals surface area contributed by atoms with Gasteiger partial charge in [0.1, 0.15) is 5.70 Å². The standard InChI is InChI=1S/C14H21NO5/c1-4-20-11(16)7-5-6-10(13(18)19)15-12(17)9-8-14(9,2)3/h6,9H,4-5,7-8H2,1-3H3,(H,15,17)(H,18,19). The zero-order valence-electron chi connectivity index (χ0n) is 12.1. The first kappa shape index (κ1) is 16.2. The number of carbonyl (C=O) groups excluding carboxylic acids is 2. The van der Waals surface area contributed by atoms with Crippen LogP contribution in [0.5, 0.6) is 0 Å². The topological polar surface area (TPSA) is 92.7 Å². The normalized spacial score (nSPS) is 20.1. The number of carbonyl (C=O) groups is 3. The maximum atomic E-state index is 11.8. The largest absolute Gasteiger partial charge is 0.477 e. The van der Waals surface area contributed by atoms with E-state index in [1.54, 1.807) is 6.92 Å². The van der Waals surface area contributed by atoms with Crippen molar-refractivity contribution >= 4 is 17.8 Å². The Labute approximate surface area is 118 Å². The number of amides is 1. The Morgan fingerprint density at radius 2 is 2.00 bits per heavy atom. The number of hydrogen-bond acceptors (Lipinski definition) is 4. The van der Waals surface area contributed by atoms with Crippen molar-refractivity contribution in [3.05, 3.63) is 11.8 Å². The average Bonchev–Trinajstić information content (AvgIpc) is 2.97. The molecule has 1 amide bonds. The molecule has 1 aliphatic carbocycles. The smallest absolute Gasteiger partial charge is 0.352 e. The van der Waals surface area contributed by atoms with Crippen molar-refractivity contribution in [1.29, 1.82) is 0 Å². The minimum absolute atomic E-state index is 0.0569. The second-order valence-electron chi connectivity index (χ2n) is 5.50. The third-order valence-electron chi connectivity index (χ3n) is 3.32. The van der Waals surface area contributed by atoms with Gasteiger partial charge in [0.05, 0.1) is 6.61 Å². The maximum absolute atomic E-state index is 11.8. The summed E-state index contributed by atoms with van der Waals surface area (Å²) < 4.78 is 4.74. The van der Waals surface area contributed by atoms with E-state index in [2.05, 4.69) is 5.32 Å². The molecule has 6 nitrogen and oxygen atoms in total. The van der Waals surface area contributed by atoms with Crippen molar-refractivity contribution < 1.29 is 24.2 Å². The van der Waals surface area contributed by atoms with Gasteiger partial charge in [0.15, 0.2) is 0 Å². The number of rotatable bonds is 7. The lowest BCUT2D eigenvalue weighted by Gasteiger charge is -2.07. The van der Waals surface area contributed by atoms with Gasteiger partial charge in [-0.3, -0.25) is 9.59 Å². The van der Waals surface area contributed by atoms with E-state index in [1.807, 2.05) is 13.8 Å². The number of esters is 1. The number of carboxylic acids is 1. The van der Waals surface area contributed by atoms with Gasteiger partial charge in [0.25, 0.3) is 0 Å². The minimum atomic E-state index is -1.21. The summed E-state index contributed by atoms with van der Waals surface area (Å²) in [4.78, 5) is 34.0. The Bertz CT molecular complexity index is 439. The molecule has 0 spiro atoms. The SMILES string of the molecule is CCOC(=O)CCC=C(NC(=O)C1CC1(C)C)C(=O)O. The lowest BCUT2D eigenvalue weighted by molar-refractivity contribution is -0.143. The molecule has 0 heterocycles. The zero-order chi connectivity index (χ0) is 15.3. The molecule has 1 rings (SSSR count). The lowest BCUT2D eigenvalue weighted by atomic mass is 10.1. The molecular formula is C14H21NO5. The number of aliphatic carboxylic acids is 1. The van der Waals surface area contributed by atoms with E-state index in [-0.39, 0.29) is 41.7 Å². The fourth-order valence-corrected chi connectivity index (χ4v) is 1.89. The first-order valence-corrected chi connectivity index (χ1v) is 6.68. The van der Waals surface area contributed by atoms with Gasteiger partial charge in [-0.25, -0.2) is 4.79 Å². The Balaban J connectivity index is 2.50. The third kappa shape index (κ3) is 4.68. The zero-order valence-corrected chi connectivity index (χ0v) is 12.1. The Morgan fingerprint density at radius 3 is 2.45 bits per heavy atom. The summed E-state index contributed by atoms with van der Waals surface area (Å²) in [5.74, 6) is -2.01. The van der Waals surface area contributed by atoms with Crippen LogP contribution in [-0.4, -0.2) is 29.6 Å². The van der Waals surface area contributed by atoms with Crippen LogP contribution >= 0.6 is 0 Å². The van der Waals surface area contributed by atoms with Crippen LogP contribution in [-0.2, 0) is 19.1 Å². The molecule has 0 aliphatic heterocycles. The highest BCUT2D eigenvalue weighted by Crippen LogP contribution is 2.51. The molecule has 0 aromatic carbocycles. The van der Waals surface area contributed by atoms with Gasteiger partial charge in [-0.15, -0.1) is 0 Å². The fraction of sp³-hybridized carbons (Fsp3) is 0.643. The predicted octanol–water partition coefficient (Wildman–Crippen LogP) is 1.46. The maximum Gasteiger partial charge on any atom is 0.352 e. The first-order chi connectivity index (χ1) is 9.27. The van der Waals surface area contributed by atoms with E-state index in [0.29, 0.717) is 6.61 Å². The molecular weight excluding hydrogens is 262 g/mol. The van der Waals surface area contributed by atoms with Gasteiger partial charge in [0, 0.05) is 12.3 Å². The van der Waals surface area contributed by atoms with Crippen LogP contribution in [0, 0.1) is 11.3 Å². The summed E-state index contributed by atoms with van der Waals surface area (Å²) in [7, 11) is 0. The Morgan fingerprint density at radius 1 is 1.40 bits per heavy atom. The molecule has 0 radical (unpaired) electrons. The summed E-state index contributed by atoms with van der Waals surface area (Å²) >= 11 is 0. The van der Waals surface area contributed by atoms with Gasteiger partial charge in [-0.05, 0) is 25.2 Å². The van der Waals surface area contributed by atoms with Crippen LogP contribution in [0.2, 0.25) is 0 Å². The van der Waals surface area contributed by atoms with Crippen molar-refractivity contribution in [2.24, 2.45) is 11.3 Å². The number of allylic oxidation sites excluding steroid dienone is 1. The third-order valence-corrected chi connectivity index (χ3v) is 3.32. The molecule has 1 saturated carbocycles. The van der Waals surface area contributed by atoms with E-state index in [9.17, 15) is 14.4 Å². The molecule has 1 fully saturated rings. The van der Waals surface area contributed by atoms with Crippen LogP contribution < -0.4 is 5.32 Å². The molecule has 0 aromatic rings. The molecule has 6 heteroatoms. The number of nitrogens with one attached hydrogen (secondary N) is 1. The molecule has 1 aliphatic rings. The number of carboxylic acid groups (broad SMARTS) is 1. The summed E-state index contributed by atoms with van der Waals surface area (Å²) in [5, 5.41) is 11.4. The number of ether oxygens (including phenoxy) is 1. The molecule has 0 aromatic heterocycles. The molecule has 2 N–H and O–H groups in total. The van der Waals surface area contributed by atoms with Gasteiger partial charge in [-0.2, -0.15) is 0 Å². The molecule has 20 heavy (non-hydrogen) atoms. The first-order valence-electron chi connectivity index (χ1n) is 6.68. The monoisotopic (exact) mass is 283 g/mol. The van der Waals surface area contributed by atoms with Crippen LogP contribution in [0.1, 0.15) is 40.0 Å². The molecule has 0 saturated heterocycles. The quantitative estimate of drug-likeness (QED) is 0.545. The Hall–Kier alpha value is -1.85. The molecule has 1 atom stereocenters. The second-order valence-corrected chi connectivity index (χ2v) is 5.50. The molecule has 1 unspecified atom stereocenters. The van der Waals surface area contributed by atoms with E-state index >= 15 is 0 Å². The fourth-order valence-electron chi connectivity index (χ4n) is 1.89. The van der Waals surface area contributed by atoms with Crippen LogP contribution in [0.3, 0.4) is 0 Å². The van der Waals surface area contributed by atoms with Crippen molar-refractivity contribution in [3.8, 4) is 0 Å². The molecule has 0 bridgehead atoms. The van der Waals surface area contributed by atoms with E-state index in [0.717, 1.165) is 6.42 Å². The second kappa shape index (κ2) is 6.54. The lowest BCUT2D eigenvalue weighted by Crippen LogP contribution is -2.29. The van der Waals surface area contributed by atoms with Crippen molar-refractivity contribution in [3.63, 3.8) is 0 Å². The van der Waals surface area contributed by atoms with E-state index < -0.39 is 5.97 Å². The summed E-state index contributed by atoms with van der Waals surface area (Å²) in [6.45, 7) is 5.92. The van der Waals surface area contributed by atoms with E-state index in [4.69, 9.17) is 9.84 Å². The van der Waals surface area contributed by atoms with Crippen LogP contribution in [0.4, 0.5) is 0 Å². The van der Waals surface area contributed by atoms with Gasteiger partial charge in [-0.1, -0.05) is 19.9 Å². The van der Waals surface area contributed by atoms with E-state index in [1.165, 1.54) is 6.08 Å². The van der Waals surface area contributed by atoms with Crippen LogP contribution in [0.15, 0.2) is 11.8 Å². The van der Waals surface area contributed by atoms with Crippen molar-refractivity contribution in [2.45, 2.75) is 40.0 Å². The highest BCUT2D eigenvalue weighted by Gasteiger charge is 2.50. The summed E-state index contributed by atoms with van der Waals surface area (Å²) in [6, 6.07) is 0. The van der Waals surface area contributed by atoms with Crippen molar-refractivity contribution in [1.82, 2.24) is 5.32 Å². The highest BCUT2D eigenvalue weighted by molar-refractivity contribution is 5.94. The van der Waals surface area contributed by atoms with Gasteiger partial charge < -0.3 is 15.2 Å². The van der Waals surface area contributed by atoms with Gasteiger partial charge in [0.2, 0.25) is 5.91 Å². The number of hydrogen-bond donors (Lipinski definition) is 2. The van der Waals surface area contributed by atoms with Crippen LogP contribution in [0.25, 0.3) is 0 Å². The minimum Gasteiger partial charge on any atom is -0.477 e. The molecule has 112 valence electrons. The predicted molar refractivity (Wildman–Crippen MR) is 71.6 cm³/mol. The van der Waals surface area contributed by atoms with Crippen molar-refractivity contribution in [2.75, 3.05) is 6.61 Å².